The molecule has 1 fully saturated rings. The Kier molecular flexibility index (Phi) is 2.73. The van der Waals surface area contributed by atoms with E-state index in [0.717, 1.165) is 24.1 Å². The molecule has 0 saturated heterocycles. The fourth-order valence-corrected chi connectivity index (χ4v) is 2.02. The van der Waals surface area contributed by atoms with Crippen molar-refractivity contribution < 1.29 is 4.74 Å². The summed E-state index contributed by atoms with van der Waals surface area (Å²) < 4.78 is 5.21. The number of benzene rings is 1. The molecule has 76 valence electrons. The first-order chi connectivity index (χ1) is 6.85. The molecule has 2 unspecified atom stereocenters. The van der Waals surface area contributed by atoms with Crippen molar-refractivity contribution in [1.29, 1.82) is 0 Å². The van der Waals surface area contributed by atoms with E-state index in [1.807, 2.05) is 13.1 Å². The molecule has 1 aliphatic rings. The van der Waals surface area contributed by atoms with E-state index in [1.54, 1.807) is 7.11 Å². The molecule has 2 atom stereocenters. The van der Waals surface area contributed by atoms with E-state index < -0.39 is 0 Å². The number of hydrogen-bond donors (Lipinski definition) is 1. The zero-order valence-corrected chi connectivity index (χ0v) is 8.79. The van der Waals surface area contributed by atoms with Gasteiger partial charge in [-0.05, 0) is 49.5 Å². The fraction of sp³-hybridized carbons (Fsp3) is 0.500. The second-order valence-corrected chi connectivity index (χ2v) is 3.94. The van der Waals surface area contributed by atoms with Crippen molar-refractivity contribution in [3.05, 3.63) is 29.8 Å². The normalized spacial score (nSPS) is 24.7. The molecule has 0 radical (unpaired) electrons. The van der Waals surface area contributed by atoms with Crippen LogP contribution < -0.4 is 10.1 Å². The van der Waals surface area contributed by atoms with Gasteiger partial charge in [0.05, 0.1) is 7.11 Å². The van der Waals surface area contributed by atoms with Crippen LogP contribution in [-0.4, -0.2) is 20.7 Å². The standard InChI is InChI=1S/C12H17NO/c1-13-8-10-7-12(10)9-4-3-5-11(6-9)14-2/h3-6,10,12-13H,7-8H2,1-2H3. The number of methoxy groups -OCH3 is 1. The molecule has 1 aromatic carbocycles. The van der Waals surface area contributed by atoms with Crippen LogP contribution in [0, 0.1) is 5.92 Å². The monoisotopic (exact) mass is 191 g/mol. The highest BCUT2D eigenvalue weighted by atomic mass is 16.5. The lowest BCUT2D eigenvalue weighted by molar-refractivity contribution is 0.414. The van der Waals surface area contributed by atoms with Gasteiger partial charge in [0.25, 0.3) is 0 Å². The summed E-state index contributed by atoms with van der Waals surface area (Å²) in [5, 5.41) is 3.23. The Morgan fingerprint density at radius 2 is 2.36 bits per heavy atom. The van der Waals surface area contributed by atoms with Gasteiger partial charge in [-0.15, -0.1) is 0 Å². The fourth-order valence-electron chi connectivity index (χ4n) is 2.02. The minimum Gasteiger partial charge on any atom is -0.497 e. The first kappa shape index (κ1) is 9.53. The van der Waals surface area contributed by atoms with Gasteiger partial charge < -0.3 is 10.1 Å². The Hall–Kier alpha value is -1.02. The van der Waals surface area contributed by atoms with Gasteiger partial charge >= 0.3 is 0 Å². The topological polar surface area (TPSA) is 21.3 Å². The summed E-state index contributed by atoms with van der Waals surface area (Å²) in [6.07, 6.45) is 1.31. The maximum Gasteiger partial charge on any atom is 0.119 e. The predicted octanol–water partition coefficient (Wildman–Crippen LogP) is 2.02. The summed E-state index contributed by atoms with van der Waals surface area (Å²) in [6, 6.07) is 8.42. The molecule has 1 saturated carbocycles. The van der Waals surface area contributed by atoms with E-state index in [1.165, 1.54) is 12.0 Å². The van der Waals surface area contributed by atoms with Gasteiger partial charge in [0, 0.05) is 0 Å². The van der Waals surface area contributed by atoms with E-state index in [0.29, 0.717) is 0 Å². The molecule has 2 heteroatoms. The van der Waals surface area contributed by atoms with Gasteiger partial charge in [-0.25, -0.2) is 0 Å². The third-order valence-corrected chi connectivity index (χ3v) is 2.91. The molecule has 2 rings (SSSR count). The molecule has 2 nitrogen and oxygen atoms in total. The molecule has 1 aromatic rings. The van der Waals surface area contributed by atoms with Crippen molar-refractivity contribution in [2.24, 2.45) is 5.92 Å². The maximum absolute atomic E-state index is 5.21. The summed E-state index contributed by atoms with van der Waals surface area (Å²) >= 11 is 0. The highest BCUT2D eigenvalue weighted by molar-refractivity contribution is 5.34. The van der Waals surface area contributed by atoms with Crippen molar-refractivity contribution in [3.63, 3.8) is 0 Å². The Labute approximate surface area is 85.3 Å². The zero-order valence-electron chi connectivity index (χ0n) is 8.79. The highest BCUT2D eigenvalue weighted by Crippen LogP contribution is 2.47. The van der Waals surface area contributed by atoms with Crippen LogP contribution in [0.4, 0.5) is 0 Å². The van der Waals surface area contributed by atoms with Crippen LogP contribution in [0.25, 0.3) is 0 Å². The molecule has 0 aromatic heterocycles. The third kappa shape index (κ3) is 1.90. The molecule has 0 bridgehead atoms. The highest BCUT2D eigenvalue weighted by Gasteiger charge is 2.37. The Morgan fingerprint density at radius 3 is 3.07 bits per heavy atom. The van der Waals surface area contributed by atoms with Crippen molar-refractivity contribution in [1.82, 2.24) is 5.32 Å². The van der Waals surface area contributed by atoms with Crippen LogP contribution in [0.5, 0.6) is 5.75 Å². The van der Waals surface area contributed by atoms with Crippen LogP contribution in [0.2, 0.25) is 0 Å². The smallest absolute Gasteiger partial charge is 0.119 e. The van der Waals surface area contributed by atoms with E-state index >= 15 is 0 Å². The molecular weight excluding hydrogens is 174 g/mol. The molecule has 1 N–H and O–H groups in total. The second-order valence-electron chi connectivity index (χ2n) is 3.94. The average Bonchev–Trinajstić information content (AvgIpc) is 2.98. The molecule has 1 aliphatic carbocycles. The molecule has 0 amide bonds. The van der Waals surface area contributed by atoms with Gasteiger partial charge in [0.2, 0.25) is 0 Å². The minimum absolute atomic E-state index is 0.748. The summed E-state index contributed by atoms with van der Waals surface area (Å²) in [5.41, 5.74) is 1.42. The lowest BCUT2D eigenvalue weighted by Gasteiger charge is -2.03. The van der Waals surface area contributed by atoms with Gasteiger partial charge in [0.15, 0.2) is 0 Å². The van der Waals surface area contributed by atoms with Crippen molar-refractivity contribution in [2.75, 3.05) is 20.7 Å². The van der Waals surface area contributed by atoms with E-state index in [2.05, 4.69) is 23.5 Å². The molecule has 0 aliphatic heterocycles. The predicted molar refractivity (Wildman–Crippen MR) is 57.8 cm³/mol. The molecule has 0 spiro atoms. The van der Waals surface area contributed by atoms with Crippen LogP contribution in [-0.2, 0) is 0 Å². The second kappa shape index (κ2) is 4.01. The van der Waals surface area contributed by atoms with Crippen LogP contribution >= 0.6 is 0 Å². The third-order valence-electron chi connectivity index (χ3n) is 2.91. The quantitative estimate of drug-likeness (QED) is 0.786. The maximum atomic E-state index is 5.21. The van der Waals surface area contributed by atoms with Gasteiger partial charge in [-0.1, -0.05) is 12.1 Å². The van der Waals surface area contributed by atoms with E-state index in [4.69, 9.17) is 4.74 Å². The van der Waals surface area contributed by atoms with Crippen LogP contribution in [0.15, 0.2) is 24.3 Å². The molecule has 0 heterocycles. The summed E-state index contributed by atoms with van der Waals surface area (Å²) in [7, 11) is 3.73. The van der Waals surface area contributed by atoms with Crippen molar-refractivity contribution in [2.45, 2.75) is 12.3 Å². The van der Waals surface area contributed by atoms with Crippen LogP contribution in [0.3, 0.4) is 0 Å². The van der Waals surface area contributed by atoms with Crippen LogP contribution in [0.1, 0.15) is 17.9 Å². The van der Waals surface area contributed by atoms with E-state index in [9.17, 15) is 0 Å². The summed E-state index contributed by atoms with van der Waals surface area (Å²) in [6.45, 7) is 1.13. The first-order valence-corrected chi connectivity index (χ1v) is 5.13. The number of ether oxygens (including phenoxy) is 1. The SMILES string of the molecule is CNCC1CC1c1cccc(OC)c1. The van der Waals surface area contributed by atoms with Crippen molar-refractivity contribution in [3.8, 4) is 5.75 Å². The Morgan fingerprint density at radius 1 is 1.50 bits per heavy atom. The largest absolute Gasteiger partial charge is 0.497 e. The van der Waals surface area contributed by atoms with Gasteiger partial charge in [-0.3, -0.25) is 0 Å². The Balaban J connectivity index is 2.03. The van der Waals surface area contributed by atoms with E-state index in [-0.39, 0.29) is 0 Å². The molecule has 14 heavy (non-hydrogen) atoms. The average molecular weight is 191 g/mol. The first-order valence-electron chi connectivity index (χ1n) is 5.13. The minimum atomic E-state index is 0.748. The van der Waals surface area contributed by atoms with Crippen molar-refractivity contribution >= 4 is 0 Å². The zero-order chi connectivity index (χ0) is 9.97. The van der Waals surface area contributed by atoms with Gasteiger partial charge in [0.1, 0.15) is 5.75 Å². The number of nitrogens with one attached hydrogen (secondary N) is 1. The van der Waals surface area contributed by atoms with Gasteiger partial charge in [-0.2, -0.15) is 0 Å². The lowest BCUT2D eigenvalue weighted by atomic mass is 10.1. The number of hydrogen-bond acceptors (Lipinski definition) is 2. The number of rotatable bonds is 4. The lowest BCUT2D eigenvalue weighted by Crippen LogP contribution is -2.10. The molecular formula is C12H17NO. The summed E-state index contributed by atoms with van der Waals surface area (Å²) in [4.78, 5) is 0. The summed E-state index contributed by atoms with van der Waals surface area (Å²) in [5.74, 6) is 2.54. The Bertz CT molecular complexity index is 311.